The third-order valence-electron chi connectivity index (χ3n) is 4.45. The average Bonchev–Trinajstić information content (AvgIpc) is 2.82. The smallest absolute Gasteiger partial charge is 0.354 e. The molecule has 4 heteroatoms. The summed E-state index contributed by atoms with van der Waals surface area (Å²) >= 11 is 0. The summed E-state index contributed by atoms with van der Waals surface area (Å²) in [5, 5.41) is 4.25. The average molecular weight is 253 g/mol. The number of hydrogen-bond acceptors (Lipinski definition) is 4. The van der Waals surface area contributed by atoms with Crippen molar-refractivity contribution in [3.8, 4) is 0 Å². The van der Waals surface area contributed by atoms with Crippen molar-refractivity contribution < 1.29 is 14.4 Å². The van der Waals surface area contributed by atoms with Gasteiger partial charge in [0.15, 0.2) is 0 Å². The monoisotopic (exact) mass is 253 g/mol. The molecule has 2 atom stereocenters. The highest BCUT2D eigenvalue weighted by molar-refractivity contribution is 6.00. The van der Waals surface area contributed by atoms with E-state index in [9.17, 15) is 4.79 Å². The van der Waals surface area contributed by atoms with Crippen LogP contribution in [0.25, 0.3) is 0 Å². The molecule has 18 heavy (non-hydrogen) atoms. The van der Waals surface area contributed by atoms with Gasteiger partial charge in [0.1, 0.15) is 0 Å². The summed E-state index contributed by atoms with van der Waals surface area (Å²) in [6.45, 7) is 8.56. The molecule has 2 unspecified atom stereocenters. The van der Waals surface area contributed by atoms with Crippen LogP contribution in [-0.2, 0) is 14.4 Å². The Labute approximate surface area is 109 Å². The first-order chi connectivity index (χ1) is 8.54. The maximum absolute atomic E-state index is 12.4. The SMILES string of the molecule is CCOC(=O)C12CCCC1(CC)C(C(C)C)=NO2. The molecule has 0 amide bonds. The molecule has 1 fully saturated rings. The number of esters is 1. The zero-order chi connectivity index (χ0) is 13.4. The molecule has 0 aromatic heterocycles. The fraction of sp³-hybridized carbons (Fsp3) is 0.857. The Balaban J connectivity index is 2.41. The largest absolute Gasteiger partial charge is 0.463 e. The molecule has 0 radical (unpaired) electrons. The number of fused-ring (bicyclic) bond motifs is 1. The van der Waals surface area contributed by atoms with E-state index in [2.05, 4.69) is 25.9 Å². The third-order valence-corrected chi connectivity index (χ3v) is 4.45. The Morgan fingerprint density at radius 3 is 2.72 bits per heavy atom. The highest BCUT2D eigenvalue weighted by atomic mass is 16.7. The van der Waals surface area contributed by atoms with Gasteiger partial charge < -0.3 is 9.57 Å². The number of carbonyl (C=O) groups excluding carboxylic acids is 1. The van der Waals surface area contributed by atoms with Crippen LogP contribution in [0, 0.1) is 11.3 Å². The van der Waals surface area contributed by atoms with Gasteiger partial charge in [-0.15, -0.1) is 0 Å². The summed E-state index contributed by atoms with van der Waals surface area (Å²) in [6, 6.07) is 0. The minimum atomic E-state index is -0.850. The van der Waals surface area contributed by atoms with Gasteiger partial charge in [0.05, 0.1) is 17.7 Å². The Hall–Kier alpha value is -1.06. The predicted molar refractivity (Wildman–Crippen MR) is 69.3 cm³/mol. The second-order valence-electron chi connectivity index (χ2n) is 5.56. The van der Waals surface area contributed by atoms with Gasteiger partial charge in [-0.1, -0.05) is 25.9 Å². The third kappa shape index (κ3) is 1.50. The van der Waals surface area contributed by atoms with Crippen LogP contribution in [-0.4, -0.2) is 23.9 Å². The van der Waals surface area contributed by atoms with Gasteiger partial charge in [-0.25, -0.2) is 4.79 Å². The fourth-order valence-corrected chi connectivity index (χ4v) is 3.65. The topological polar surface area (TPSA) is 47.9 Å². The van der Waals surface area contributed by atoms with E-state index in [4.69, 9.17) is 9.57 Å². The molecule has 1 aliphatic carbocycles. The molecule has 4 nitrogen and oxygen atoms in total. The second-order valence-corrected chi connectivity index (χ2v) is 5.56. The highest BCUT2D eigenvalue weighted by Crippen LogP contribution is 2.57. The lowest BCUT2D eigenvalue weighted by Gasteiger charge is -2.36. The molecular formula is C14H23NO3. The molecular weight excluding hydrogens is 230 g/mol. The van der Waals surface area contributed by atoms with E-state index in [1.807, 2.05) is 6.92 Å². The van der Waals surface area contributed by atoms with E-state index in [0.717, 1.165) is 31.4 Å². The van der Waals surface area contributed by atoms with Gasteiger partial charge in [-0.2, -0.15) is 0 Å². The second kappa shape index (κ2) is 4.56. The van der Waals surface area contributed by atoms with E-state index >= 15 is 0 Å². The molecule has 2 rings (SSSR count). The van der Waals surface area contributed by atoms with Crippen LogP contribution < -0.4 is 0 Å². The molecule has 0 aromatic carbocycles. The van der Waals surface area contributed by atoms with E-state index in [1.54, 1.807) is 0 Å². The van der Waals surface area contributed by atoms with Crippen LogP contribution in [0.15, 0.2) is 5.16 Å². The molecule has 1 heterocycles. The quantitative estimate of drug-likeness (QED) is 0.724. The molecule has 2 aliphatic rings. The van der Waals surface area contributed by atoms with Gasteiger partial charge >= 0.3 is 5.97 Å². The lowest BCUT2D eigenvalue weighted by molar-refractivity contribution is -0.177. The van der Waals surface area contributed by atoms with Crippen molar-refractivity contribution in [3.63, 3.8) is 0 Å². The first-order valence-electron chi connectivity index (χ1n) is 6.98. The Bertz CT molecular complexity index is 377. The molecule has 0 aromatic rings. The minimum absolute atomic E-state index is 0.233. The van der Waals surface area contributed by atoms with Crippen molar-refractivity contribution in [2.75, 3.05) is 6.61 Å². The zero-order valence-electron chi connectivity index (χ0n) is 11.8. The van der Waals surface area contributed by atoms with Crippen LogP contribution in [0.5, 0.6) is 0 Å². The van der Waals surface area contributed by atoms with E-state index < -0.39 is 5.60 Å². The maximum Gasteiger partial charge on any atom is 0.354 e. The number of ether oxygens (including phenoxy) is 1. The summed E-state index contributed by atoms with van der Waals surface area (Å²) in [4.78, 5) is 18.0. The van der Waals surface area contributed by atoms with E-state index in [0.29, 0.717) is 12.5 Å². The Morgan fingerprint density at radius 2 is 2.17 bits per heavy atom. The summed E-state index contributed by atoms with van der Waals surface area (Å²) < 4.78 is 5.25. The first-order valence-corrected chi connectivity index (χ1v) is 6.98. The molecule has 0 saturated heterocycles. The summed E-state index contributed by atoms with van der Waals surface area (Å²) in [7, 11) is 0. The number of oxime groups is 1. The van der Waals surface area contributed by atoms with Crippen LogP contribution >= 0.6 is 0 Å². The maximum atomic E-state index is 12.4. The van der Waals surface area contributed by atoms with Gasteiger partial charge in [0.2, 0.25) is 5.60 Å². The molecule has 0 spiro atoms. The Kier molecular flexibility index (Phi) is 3.39. The minimum Gasteiger partial charge on any atom is -0.463 e. The summed E-state index contributed by atoms with van der Waals surface area (Å²) in [6.07, 6.45) is 3.57. The molecule has 0 bridgehead atoms. The van der Waals surface area contributed by atoms with Gasteiger partial charge in [0.25, 0.3) is 0 Å². The van der Waals surface area contributed by atoms with E-state index in [-0.39, 0.29) is 11.4 Å². The Morgan fingerprint density at radius 1 is 1.44 bits per heavy atom. The van der Waals surface area contributed by atoms with Crippen molar-refractivity contribution in [3.05, 3.63) is 0 Å². The number of hydrogen-bond donors (Lipinski definition) is 0. The molecule has 1 aliphatic heterocycles. The molecule has 1 saturated carbocycles. The van der Waals surface area contributed by atoms with Crippen molar-refractivity contribution in [1.82, 2.24) is 0 Å². The van der Waals surface area contributed by atoms with Gasteiger partial charge in [-0.05, 0) is 32.1 Å². The zero-order valence-corrected chi connectivity index (χ0v) is 11.8. The summed E-state index contributed by atoms with van der Waals surface area (Å²) in [5.41, 5.74) is -0.0549. The molecule has 0 N–H and O–H groups in total. The van der Waals surface area contributed by atoms with Crippen LogP contribution in [0.2, 0.25) is 0 Å². The van der Waals surface area contributed by atoms with Crippen molar-refractivity contribution in [1.29, 1.82) is 0 Å². The van der Waals surface area contributed by atoms with Gasteiger partial charge in [-0.3, -0.25) is 0 Å². The molecule has 102 valence electrons. The van der Waals surface area contributed by atoms with E-state index in [1.165, 1.54) is 0 Å². The predicted octanol–water partition coefficient (Wildman–Crippen LogP) is 2.91. The number of nitrogens with zero attached hydrogens (tertiary/aromatic N) is 1. The fourth-order valence-electron chi connectivity index (χ4n) is 3.65. The number of rotatable bonds is 4. The number of carbonyl (C=O) groups is 1. The van der Waals surface area contributed by atoms with Crippen molar-refractivity contribution in [2.45, 2.75) is 59.0 Å². The normalized spacial score (nSPS) is 34.2. The lowest BCUT2D eigenvalue weighted by atomic mass is 9.66. The first kappa shape index (κ1) is 13.4. The van der Waals surface area contributed by atoms with Crippen LogP contribution in [0.4, 0.5) is 0 Å². The lowest BCUT2D eigenvalue weighted by Crippen LogP contribution is -2.53. The highest BCUT2D eigenvalue weighted by Gasteiger charge is 2.68. The van der Waals surface area contributed by atoms with Crippen molar-refractivity contribution >= 4 is 11.7 Å². The van der Waals surface area contributed by atoms with Crippen molar-refractivity contribution in [2.24, 2.45) is 16.5 Å². The standard InChI is InChI=1S/C14H23NO3/c1-5-13-8-7-9-14(13,12(16)17-6-2)18-15-11(13)10(3)4/h10H,5-9H2,1-4H3. The van der Waals surface area contributed by atoms with Gasteiger partial charge in [0, 0.05) is 6.42 Å². The summed E-state index contributed by atoms with van der Waals surface area (Å²) in [5.74, 6) is 0.0723. The van der Waals surface area contributed by atoms with Crippen LogP contribution in [0.3, 0.4) is 0 Å². The van der Waals surface area contributed by atoms with Crippen LogP contribution in [0.1, 0.15) is 53.4 Å².